The Kier molecular flexibility index (Phi) is 2.81. The van der Waals surface area contributed by atoms with Gasteiger partial charge < -0.3 is 5.11 Å². The average molecular weight is 236 g/mol. The Bertz CT molecular complexity index is 300. The third kappa shape index (κ3) is 1.95. The molecule has 3 aliphatic carbocycles. The van der Waals surface area contributed by atoms with Gasteiger partial charge in [0.15, 0.2) is 0 Å². The predicted molar refractivity (Wildman–Crippen MR) is 70.6 cm³/mol. The number of fused-ring (bicyclic) bond motifs is 1. The average Bonchev–Trinajstić information content (AvgIpc) is 2.97. The maximum atomic E-state index is 9.96. The third-order valence-electron chi connectivity index (χ3n) is 6.61. The summed E-state index contributed by atoms with van der Waals surface area (Å²) < 4.78 is 0. The van der Waals surface area contributed by atoms with Crippen molar-refractivity contribution in [2.75, 3.05) is 0 Å². The molecule has 1 nitrogen and oxygen atoms in total. The topological polar surface area (TPSA) is 20.2 Å². The molecule has 1 heteroatoms. The second-order valence-electron chi connectivity index (χ2n) is 7.65. The van der Waals surface area contributed by atoms with Crippen molar-refractivity contribution >= 4 is 0 Å². The minimum absolute atomic E-state index is 0.0144. The molecule has 0 aromatic heterocycles. The van der Waals surface area contributed by atoms with Crippen molar-refractivity contribution in [3.63, 3.8) is 0 Å². The minimum atomic E-state index is -0.0144. The van der Waals surface area contributed by atoms with Gasteiger partial charge in [0.25, 0.3) is 0 Å². The van der Waals surface area contributed by atoms with Crippen LogP contribution in [0.5, 0.6) is 0 Å². The molecule has 0 aromatic carbocycles. The molecule has 0 saturated heterocycles. The molecule has 0 heterocycles. The fraction of sp³-hybridized carbons (Fsp3) is 1.00. The molecule has 0 bridgehead atoms. The normalized spacial score (nSPS) is 58.6. The first-order chi connectivity index (χ1) is 8.00. The lowest BCUT2D eigenvalue weighted by molar-refractivity contribution is -0.0676. The molecule has 0 radical (unpaired) electrons. The highest BCUT2D eigenvalue weighted by Crippen LogP contribution is 2.59. The van der Waals surface area contributed by atoms with Gasteiger partial charge in [-0.15, -0.1) is 0 Å². The number of aliphatic hydroxyl groups is 1. The summed E-state index contributed by atoms with van der Waals surface area (Å²) in [5.74, 6) is 4.57. The van der Waals surface area contributed by atoms with E-state index in [9.17, 15) is 5.11 Å². The van der Waals surface area contributed by atoms with E-state index in [4.69, 9.17) is 0 Å². The molecule has 0 amide bonds. The summed E-state index contributed by atoms with van der Waals surface area (Å²) in [6.07, 6.45) is 7.86. The van der Waals surface area contributed by atoms with Gasteiger partial charge in [0.05, 0.1) is 6.10 Å². The summed E-state index contributed by atoms with van der Waals surface area (Å²) in [6.45, 7) is 7.33. The van der Waals surface area contributed by atoms with Crippen LogP contribution in [0.1, 0.15) is 59.3 Å². The van der Waals surface area contributed by atoms with Gasteiger partial charge in [0.2, 0.25) is 0 Å². The second-order valence-corrected chi connectivity index (χ2v) is 7.65. The van der Waals surface area contributed by atoms with Crippen LogP contribution in [0.2, 0.25) is 0 Å². The van der Waals surface area contributed by atoms with Gasteiger partial charge in [-0.3, -0.25) is 0 Å². The van der Waals surface area contributed by atoms with E-state index in [1.807, 2.05) is 0 Å². The molecular weight excluding hydrogens is 208 g/mol. The van der Waals surface area contributed by atoms with Crippen LogP contribution in [-0.2, 0) is 0 Å². The summed E-state index contributed by atoms with van der Waals surface area (Å²) in [5, 5.41) is 9.96. The van der Waals surface area contributed by atoms with E-state index in [2.05, 4.69) is 20.8 Å². The van der Waals surface area contributed by atoms with Crippen molar-refractivity contribution in [2.24, 2.45) is 35.0 Å². The van der Waals surface area contributed by atoms with E-state index in [1.165, 1.54) is 25.7 Å². The van der Waals surface area contributed by atoms with Crippen LogP contribution in [0, 0.1) is 35.0 Å². The zero-order chi connectivity index (χ0) is 12.2. The SMILES string of the molecule is CC1CC1[C@@H]1CCC2C[C@H](O)C[C@@H](C)[C@]2(C)C1. The Labute approximate surface area is 106 Å². The van der Waals surface area contributed by atoms with Crippen LogP contribution in [-0.4, -0.2) is 11.2 Å². The Morgan fingerprint density at radius 3 is 2.41 bits per heavy atom. The lowest BCUT2D eigenvalue weighted by Crippen LogP contribution is -2.46. The van der Waals surface area contributed by atoms with Crippen LogP contribution in [0.3, 0.4) is 0 Å². The van der Waals surface area contributed by atoms with Crippen molar-refractivity contribution in [3.05, 3.63) is 0 Å². The summed E-state index contributed by atoms with van der Waals surface area (Å²) in [6, 6.07) is 0. The molecule has 3 saturated carbocycles. The molecule has 3 rings (SSSR count). The summed E-state index contributed by atoms with van der Waals surface area (Å²) in [4.78, 5) is 0. The van der Waals surface area contributed by atoms with Gasteiger partial charge in [0, 0.05) is 0 Å². The molecule has 3 unspecified atom stereocenters. The Hall–Kier alpha value is -0.0400. The van der Waals surface area contributed by atoms with Crippen LogP contribution in [0.25, 0.3) is 0 Å². The fourth-order valence-corrected chi connectivity index (χ4v) is 5.04. The van der Waals surface area contributed by atoms with Crippen molar-refractivity contribution in [3.8, 4) is 0 Å². The highest BCUT2D eigenvalue weighted by Gasteiger charge is 2.51. The minimum Gasteiger partial charge on any atom is -0.393 e. The van der Waals surface area contributed by atoms with Gasteiger partial charge in [-0.05, 0) is 73.5 Å². The predicted octanol–water partition coefficient (Wildman–Crippen LogP) is 3.86. The smallest absolute Gasteiger partial charge is 0.0545 e. The number of hydrogen-bond donors (Lipinski definition) is 1. The fourth-order valence-electron chi connectivity index (χ4n) is 5.04. The van der Waals surface area contributed by atoms with E-state index < -0.39 is 0 Å². The number of hydrogen-bond acceptors (Lipinski definition) is 1. The lowest BCUT2D eigenvalue weighted by Gasteiger charge is -2.53. The second kappa shape index (κ2) is 3.98. The third-order valence-corrected chi connectivity index (χ3v) is 6.61. The van der Waals surface area contributed by atoms with Crippen molar-refractivity contribution < 1.29 is 5.11 Å². The Morgan fingerprint density at radius 2 is 1.76 bits per heavy atom. The van der Waals surface area contributed by atoms with E-state index in [-0.39, 0.29) is 6.10 Å². The van der Waals surface area contributed by atoms with Gasteiger partial charge >= 0.3 is 0 Å². The van der Waals surface area contributed by atoms with Crippen LogP contribution >= 0.6 is 0 Å². The molecule has 98 valence electrons. The Morgan fingerprint density at radius 1 is 1.06 bits per heavy atom. The van der Waals surface area contributed by atoms with Crippen molar-refractivity contribution in [1.82, 2.24) is 0 Å². The van der Waals surface area contributed by atoms with Crippen LogP contribution in [0.15, 0.2) is 0 Å². The molecule has 3 fully saturated rings. The highest BCUT2D eigenvalue weighted by atomic mass is 16.3. The van der Waals surface area contributed by atoms with Gasteiger partial charge in [-0.25, -0.2) is 0 Å². The monoisotopic (exact) mass is 236 g/mol. The number of rotatable bonds is 1. The molecule has 17 heavy (non-hydrogen) atoms. The van der Waals surface area contributed by atoms with E-state index in [0.717, 1.165) is 36.5 Å². The maximum absolute atomic E-state index is 9.96. The van der Waals surface area contributed by atoms with E-state index in [0.29, 0.717) is 11.3 Å². The van der Waals surface area contributed by atoms with E-state index >= 15 is 0 Å². The standard InChI is InChI=1S/C16H28O/c1-10-6-15(10)12-4-5-13-8-14(17)7-11(2)16(13,3)9-12/h10-15,17H,4-9H2,1-3H3/t10?,11-,12-,13?,14-,15?,16+/m1/s1. The van der Waals surface area contributed by atoms with Gasteiger partial charge in [-0.2, -0.15) is 0 Å². The molecule has 7 atom stereocenters. The first-order valence-electron chi connectivity index (χ1n) is 7.68. The maximum Gasteiger partial charge on any atom is 0.0545 e. The van der Waals surface area contributed by atoms with Gasteiger partial charge in [-0.1, -0.05) is 20.8 Å². The van der Waals surface area contributed by atoms with E-state index in [1.54, 1.807) is 0 Å². The zero-order valence-corrected chi connectivity index (χ0v) is 11.7. The van der Waals surface area contributed by atoms with Gasteiger partial charge in [0.1, 0.15) is 0 Å². The number of aliphatic hydroxyl groups excluding tert-OH is 1. The Balaban J connectivity index is 1.74. The molecule has 0 aromatic rings. The highest BCUT2D eigenvalue weighted by molar-refractivity contribution is 5.01. The molecular formula is C16H28O. The molecule has 0 aliphatic heterocycles. The van der Waals surface area contributed by atoms with Crippen molar-refractivity contribution in [2.45, 2.75) is 65.4 Å². The molecule has 3 aliphatic rings. The van der Waals surface area contributed by atoms with Crippen LogP contribution < -0.4 is 0 Å². The first-order valence-corrected chi connectivity index (χ1v) is 7.68. The molecule has 0 spiro atoms. The summed E-state index contributed by atoms with van der Waals surface area (Å²) in [5.41, 5.74) is 0.532. The molecule has 1 N–H and O–H groups in total. The summed E-state index contributed by atoms with van der Waals surface area (Å²) in [7, 11) is 0. The van der Waals surface area contributed by atoms with Crippen molar-refractivity contribution in [1.29, 1.82) is 0 Å². The first kappa shape index (κ1) is 12.0. The quantitative estimate of drug-likeness (QED) is 0.733. The summed E-state index contributed by atoms with van der Waals surface area (Å²) >= 11 is 0. The van der Waals surface area contributed by atoms with Crippen LogP contribution in [0.4, 0.5) is 0 Å². The zero-order valence-electron chi connectivity index (χ0n) is 11.7. The largest absolute Gasteiger partial charge is 0.393 e. The lowest BCUT2D eigenvalue weighted by atomic mass is 9.53.